The molecule has 0 radical (unpaired) electrons. The van der Waals surface area contributed by atoms with Crippen molar-refractivity contribution in [1.82, 2.24) is 15.0 Å². The molecule has 0 fully saturated rings. The van der Waals surface area contributed by atoms with Crippen molar-refractivity contribution in [3.8, 4) is 11.4 Å². The molecular weight excluding hydrogens is 444 g/mol. The van der Waals surface area contributed by atoms with Gasteiger partial charge in [0.1, 0.15) is 16.8 Å². The van der Waals surface area contributed by atoms with Gasteiger partial charge in [-0.15, -0.1) is 10.2 Å². The van der Waals surface area contributed by atoms with Gasteiger partial charge in [-0.3, -0.25) is 4.79 Å². The average Bonchev–Trinajstić information content (AvgIpc) is 3.11. The van der Waals surface area contributed by atoms with Gasteiger partial charge in [0.25, 0.3) is 5.91 Å². The number of halogens is 1. The molecule has 7 heteroatoms. The number of hydrogen-bond donors (Lipinski definition) is 1. The normalized spacial score (nSPS) is 10.9. The SMILES string of the molecule is Cc1cc(C)c(OCC(=O)Nc2cc3nn(-c4ccccc4)nc3cc2C)c(Br)c1. The lowest BCUT2D eigenvalue weighted by Gasteiger charge is -2.13. The van der Waals surface area contributed by atoms with E-state index < -0.39 is 0 Å². The molecule has 1 heterocycles. The maximum atomic E-state index is 12.5. The number of nitrogens with one attached hydrogen (secondary N) is 1. The summed E-state index contributed by atoms with van der Waals surface area (Å²) in [5.74, 6) is 0.438. The highest BCUT2D eigenvalue weighted by molar-refractivity contribution is 9.10. The minimum absolute atomic E-state index is 0.0866. The smallest absolute Gasteiger partial charge is 0.262 e. The zero-order chi connectivity index (χ0) is 21.3. The van der Waals surface area contributed by atoms with Crippen LogP contribution in [0.25, 0.3) is 16.7 Å². The second-order valence-corrected chi connectivity index (χ2v) is 8.06. The number of ether oxygens (including phenoxy) is 1. The summed E-state index contributed by atoms with van der Waals surface area (Å²) < 4.78 is 6.59. The van der Waals surface area contributed by atoms with Crippen molar-refractivity contribution in [1.29, 1.82) is 0 Å². The number of aryl methyl sites for hydroxylation is 3. The Bertz CT molecular complexity index is 1210. The van der Waals surface area contributed by atoms with Crippen molar-refractivity contribution >= 4 is 38.6 Å². The Morgan fingerprint density at radius 3 is 2.40 bits per heavy atom. The van der Waals surface area contributed by atoms with Crippen molar-refractivity contribution in [3.05, 3.63) is 75.8 Å². The molecule has 3 aromatic carbocycles. The lowest BCUT2D eigenvalue weighted by atomic mass is 10.1. The van der Waals surface area contributed by atoms with E-state index in [-0.39, 0.29) is 12.5 Å². The number of fused-ring (bicyclic) bond motifs is 1. The summed E-state index contributed by atoms with van der Waals surface area (Å²) in [7, 11) is 0. The highest BCUT2D eigenvalue weighted by Gasteiger charge is 2.13. The van der Waals surface area contributed by atoms with Crippen LogP contribution in [0.15, 0.2) is 59.1 Å². The van der Waals surface area contributed by atoms with Crippen LogP contribution in [0.2, 0.25) is 0 Å². The summed E-state index contributed by atoms with van der Waals surface area (Å²) in [6.07, 6.45) is 0. The lowest BCUT2D eigenvalue weighted by Crippen LogP contribution is -2.21. The number of aromatic nitrogens is 3. The molecule has 0 aliphatic rings. The van der Waals surface area contributed by atoms with Gasteiger partial charge in [-0.2, -0.15) is 4.80 Å². The van der Waals surface area contributed by atoms with Gasteiger partial charge in [0.05, 0.1) is 10.2 Å². The minimum atomic E-state index is -0.236. The minimum Gasteiger partial charge on any atom is -0.482 e. The van der Waals surface area contributed by atoms with Gasteiger partial charge in [0.15, 0.2) is 6.61 Å². The number of hydrogen-bond acceptors (Lipinski definition) is 4. The summed E-state index contributed by atoms with van der Waals surface area (Å²) >= 11 is 3.50. The molecule has 0 aliphatic heterocycles. The number of anilines is 1. The number of para-hydroxylation sites is 1. The van der Waals surface area contributed by atoms with Crippen LogP contribution in [0.3, 0.4) is 0 Å². The Hall–Kier alpha value is -3.19. The molecule has 1 amide bonds. The van der Waals surface area contributed by atoms with Gasteiger partial charge in [-0.05, 0) is 83.7 Å². The van der Waals surface area contributed by atoms with E-state index in [1.165, 1.54) is 0 Å². The van der Waals surface area contributed by atoms with Crippen LogP contribution in [-0.2, 0) is 4.79 Å². The zero-order valence-corrected chi connectivity index (χ0v) is 18.5. The number of nitrogens with zero attached hydrogens (tertiary/aromatic N) is 3. The highest BCUT2D eigenvalue weighted by Crippen LogP contribution is 2.30. The summed E-state index contributed by atoms with van der Waals surface area (Å²) in [5, 5.41) is 12.0. The number of carbonyl (C=O) groups is 1. The monoisotopic (exact) mass is 464 g/mol. The van der Waals surface area contributed by atoms with Crippen LogP contribution in [0.5, 0.6) is 5.75 Å². The predicted octanol–water partition coefficient (Wildman–Crippen LogP) is 5.13. The van der Waals surface area contributed by atoms with E-state index in [4.69, 9.17) is 4.74 Å². The van der Waals surface area contributed by atoms with E-state index >= 15 is 0 Å². The van der Waals surface area contributed by atoms with Crippen molar-refractivity contribution in [2.75, 3.05) is 11.9 Å². The van der Waals surface area contributed by atoms with Crippen LogP contribution >= 0.6 is 15.9 Å². The van der Waals surface area contributed by atoms with Crippen molar-refractivity contribution < 1.29 is 9.53 Å². The average molecular weight is 465 g/mol. The fourth-order valence-electron chi connectivity index (χ4n) is 3.29. The van der Waals surface area contributed by atoms with Gasteiger partial charge in [0, 0.05) is 5.69 Å². The molecule has 4 aromatic rings. The first-order chi connectivity index (χ1) is 14.4. The Morgan fingerprint density at radius 1 is 1.00 bits per heavy atom. The number of carbonyl (C=O) groups excluding carboxylic acids is 1. The Labute approximate surface area is 183 Å². The largest absolute Gasteiger partial charge is 0.482 e. The van der Waals surface area contributed by atoms with Crippen LogP contribution in [0.4, 0.5) is 5.69 Å². The molecule has 152 valence electrons. The van der Waals surface area contributed by atoms with Gasteiger partial charge >= 0.3 is 0 Å². The van der Waals surface area contributed by atoms with Crippen molar-refractivity contribution in [2.45, 2.75) is 20.8 Å². The lowest BCUT2D eigenvalue weighted by molar-refractivity contribution is -0.118. The number of benzene rings is 3. The van der Waals surface area contributed by atoms with Crippen LogP contribution in [0.1, 0.15) is 16.7 Å². The molecule has 30 heavy (non-hydrogen) atoms. The number of rotatable bonds is 5. The van der Waals surface area contributed by atoms with Gasteiger partial charge in [-0.25, -0.2) is 0 Å². The summed E-state index contributed by atoms with van der Waals surface area (Å²) in [6.45, 7) is 5.81. The van der Waals surface area contributed by atoms with E-state index in [1.807, 2.05) is 75.4 Å². The van der Waals surface area contributed by atoms with Crippen molar-refractivity contribution in [3.63, 3.8) is 0 Å². The topological polar surface area (TPSA) is 69.0 Å². The molecule has 6 nitrogen and oxygen atoms in total. The fraction of sp³-hybridized carbons (Fsp3) is 0.174. The van der Waals surface area contributed by atoms with E-state index in [0.29, 0.717) is 17.0 Å². The van der Waals surface area contributed by atoms with Crippen LogP contribution in [-0.4, -0.2) is 27.5 Å². The molecule has 1 aromatic heterocycles. The standard InChI is InChI=1S/C23H21BrN4O2/c1-14-9-16(3)23(18(24)10-14)30-13-22(29)25-19-12-21-20(11-15(19)2)26-28(27-21)17-7-5-4-6-8-17/h4-12H,13H2,1-3H3,(H,25,29). The van der Waals surface area contributed by atoms with E-state index in [1.54, 1.807) is 4.80 Å². The molecule has 1 N–H and O–H groups in total. The summed E-state index contributed by atoms with van der Waals surface area (Å²) in [4.78, 5) is 14.1. The second-order valence-electron chi connectivity index (χ2n) is 7.21. The highest BCUT2D eigenvalue weighted by atomic mass is 79.9. The predicted molar refractivity (Wildman–Crippen MR) is 121 cm³/mol. The first-order valence-electron chi connectivity index (χ1n) is 9.53. The Morgan fingerprint density at radius 2 is 1.70 bits per heavy atom. The quantitative estimate of drug-likeness (QED) is 0.444. The summed E-state index contributed by atoms with van der Waals surface area (Å²) in [5.41, 5.74) is 6.06. The van der Waals surface area contributed by atoms with Gasteiger partial charge < -0.3 is 10.1 Å². The molecule has 0 spiro atoms. The summed E-state index contributed by atoms with van der Waals surface area (Å²) in [6, 6.07) is 17.4. The third-order valence-corrected chi connectivity index (χ3v) is 5.30. The first-order valence-corrected chi connectivity index (χ1v) is 10.3. The third-order valence-electron chi connectivity index (χ3n) is 4.71. The zero-order valence-electron chi connectivity index (χ0n) is 16.9. The van der Waals surface area contributed by atoms with E-state index in [9.17, 15) is 4.79 Å². The van der Waals surface area contributed by atoms with E-state index in [2.05, 4.69) is 31.4 Å². The Kier molecular flexibility index (Phi) is 5.55. The fourth-order valence-corrected chi connectivity index (χ4v) is 4.08. The van der Waals surface area contributed by atoms with Crippen molar-refractivity contribution in [2.24, 2.45) is 0 Å². The maximum Gasteiger partial charge on any atom is 0.262 e. The maximum absolute atomic E-state index is 12.5. The second kappa shape index (κ2) is 8.28. The van der Waals surface area contributed by atoms with Crippen LogP contribution in [0, 0.1) is 20.8 Å². The molecule has 0 saturated heterocycles. The molecule has 4 rings (SSSR count). The molecular formula is C23H21BrN4O2. The third kappa shape index (κ3) is 4.21. The molecule has 0 saturated carbocycles. The Balaban J connectivity index is 1.51. The van der Waals surface area contributed by atoms with E-state index in [0.717, 1.165) is 32.4 Å². The van der Waals surface area contributed by atoms with Gasteiger partial charge in [0.2, 0.25) is 0 Å². The molecule has 0 bridgehead atoms. The molecule has 0 unspecified atom stereocenters. The number of amides is 1. The molecule has 0 aliphatic carbocycles. The molecule has 0 atom stereocenters. The van der Waals surface area contributed by atoms with Crippen LogP contribution < -0.4 is 10.1 Å². The first kappa shape index (κ1) is 20.1. The van der Waals surface area contributed by atoms with Gasteiger partial charge in [-0.1, -0.05) is 24.3 Å².